The molecule has 1 amide bonds. The van der Waals surface area contributed by atoms with E-state index in [4.69, 9.17) is 4.74 Å². The highest BCUT2D eigenvalue weighted by Crippen LogP contribution is 2.10. The predicted molar refractivity (Wildman–Crippen MR) is 82.4 cm³/mol. The summed E-state index contributed by atoms with van der Waals surface area (Å²) in [6.07, 6.45) is 4.92. The number of benzene rings is 1. The molecule has 106 valence electrons. The van der Waals surface area contributed by atoms with E-state index < -0.39 is 0 Å². The fraction of sp³-hybridized carbons (Fsp3) is 0.235. The van der Waals surface area contributed by atoms with Crippen LogP contribution >= 0.6 is 0 Å². The molecule has 20 heavy (non-hydrogen) atoms. The van der Waals surface area contributed by atoms with Crippen LogP contribution in [0.15, 0.2) is 67.3 Å². The van der Waals surface area contributed by atoms with Gasteiger partial charge in [-0.15, -0.1) is 0 Å². The van der Waals surface area contributed by atoms with Gasteiger partial charge >= 0.3 is 6.09 Å². The fourth-order valence-electron chi connectivity index (χ4n) is 1.76. The van der Waals surface area contributed by atoms with Crippen molar-refractivity contribution in [3.05, 3.63) is 72.9 Å². The van der Waals surface area contributed by atoms with Gasteiger partial charge in [-0.2, -0.15) is 0 Å². The Kier molecular flexibility index (Phi) is 6.90. The maximum Gasteiger partial charge on any atom is 0.410 e. The third-order valence-electron chi connectivity index (χ3n) is 2.71. The van der Waals surface area contributed by atoms with Gasteiger partial charge in [0.2, 0.25) is 0 Å². The Labute approximate surface area is 120 Å². The van der Waals surface area contributed by atoms with Gasteiger partial charge in [0, 0.05) is 13.1 Å². The van der Waals surface area contributed by atoms with Crippen molar-refractivity contribution in [3.8, 4) is 0 Å². The summed E-state index contributed by atoms with van der Waals surface area (Å²) in [5, 5.41) is 0. The zero-order valence-electron chi connectivity index (χ0n) is 11.9. The van der Waals surface area contributed by atoms with E-state index in [1.165, 1.54) is 0 Å². The van der Waals surface area contributed by atoms with Gasteiger partial charge < -0.3 is 4.74 Å². The molecule has 0 bridgehead atoms. The van der Waals surface area contributed by atoms with Crippen LogP contribution in [0.3, 0.4) is 0 Å². The molecule has 0 aromatic heterocycles. The van der Waals surface area contributed by atoms with Gasteiger partial charge in [-0.25, -0.2) is 4.79 Å². The monoisotopic (exact) mass is 271 g/mol. The quantitative estimate of drug-likeness (QED) is 0.703. The van der Waals surface area contributed by atoms with Crippen LogP contribution < -0.4 is 0 Å². The summed E-state index contributed by atoms with van der Waals surface area (Å²) in [4.78, 5) is 13.7. The van der Waals surface area contributed by atoms with Crippen molar-refractivity contribution < 1.29 is 9.53 Å². The molecule has 0 aliphatic carbocycles. The lowest BCUT2D eigenvalue weighted by molar-refractivity contribution is 0.108. The first-order valence-electron chi connectivity index (χ1n) is 6.61. The average Bonchev–Trinajstić information content (AvgIpc) is 2.47. The van der Waals surface area contributed by atoms with E-state index >= 15 is 0 Å². The van der Waals surface area contributed by atoms with Gasteiger partial charge in [0.15, 0.2) is 0 Å². The molecule has 0 radical (unpaired) electrons. The molecule has 1 aromatic carbocycles. The first kappa shape index (κ1) is 15.8. The summed E-state index contributed by atoms with van der Waals surface area (Å²) in [7, 11) is 0. The molecule has 0 spiro atoms. The first-order chi connectivity index (χ1) is 9.71. The number of rotatable bonds is 7. The summed E-state index contributed by atoms with van der Waals surface area (Å²) in [5.74, 6) is 0. The van der Waals surface area contributed by atoms with E-state index in [1.807, 2.05) is 36.4 Å². The van der Waals surface area contributed by atoms with Crippen LogP contribution in [0.5, 0.6) is 0 Å². The second-order valence-corrected chi connectivity index (χ2v) is 4.22. The summed E-state index contributed by atoms with van der Waals surface area (Å²) >= 11 is 0. The molecule has 0 heterocycles. The van der Waals surface area contributed by atoms with Crippen LogP contribution in [0.25, 0.3) is 0 Å². The minimum atomic E-state index is -0.326. The molecule has 3 heteroatoms. The van der Waals surface area contributed by atoms with Gasteiger partial charge in [-0.1, -0.05) is 61.7 Å². The van der Waals surface area contributed by atoms with E-state index in [0.717, 1.165) is 11.1 Å². The number of hydrogen-bond acceptors (Lipinski definition) is 2. The van der Waals surface area contributed by atoms with Gasteiger partial charge in [0.05, 0.1) is 6.61 Å². The number of hydrogen-bond donors (Lipinski definition) is 0. The lowest BCUT2D eigenvalue weighted by Crippen LogP contribution is -2.32. The second-order valence-electron chi connectivity index (χ2n) is 4.22. The van der Waals surface area contributed by atoms with Crippen LogP contribution in [0.2, 0.25) is 0 Å². The zero-order valence-corrected chi connectivity index (χ0v) is 11.9. The van der Waals surface area contributed by atoms with Crippen molar-refractivity contribution in [3.63, 3.8) is 0 Å². The van der Waals surface area contributed by atoms with Gasteiger partial charge in [0.1, 0.15) is 0 Å². The molecule has 0 saturated heterocycles. The topological polar surface area (TPSA) is 29.5 Å². The van der Waals surface area contributed by atoms with Gasteiger partial charge in [-0.05, 0) is 18.1 Å². The van der Waals surface area contributed by atoms with Crippen molar-refractivity contribution in [2.45, 2.75) is 13.5 Å². The molecule has 0 aliphatic heterocycles. The molecule has 0 aliphatic rings. The second kappa shape index (κ2) is 8.75. The summed E-state index contributed by atoms with van der Waals surface area (Å²) in [5.41, 5.74) is 1.98. The highest BCUT2D eigenvalue weighted by molar-refractivity contribution is 5.68. The minimum absolute atomic E-state index is 0.326. The smallest absolute Gasteiger partial charge is 0.410 e. The molecule has 0 atom stereocenters. The largest absolute Gasteiger partial charge is 0.450 e. The van der Waals surface area contributed by atoms with Crippen molar-refractivity contribution >= 4 is 6.09 Å². The average molecular weight is 271 g/mol. The molecule has 0 N–H and O–H groups in total. The van der Waals surface area contributed by atoms with E-state index in [0.29, 0.717) is 19.7 Å². The number of allylic oxidation sites excluding steroid dienone is 2. The van der Waals surface area contributed by atoms with E-state index in [-0.39, 0.29) is 6.09 Å². The van der Waals surface area contributed by atoms with Crippen LogP contribution in [0, 0.1) is 0 Å². The van der Waals surface area contributed by atoms with Crippen molar-refractivity contribution in [1.82, 2.24) is 4.90 Å². The minimum Gasteiger partial charge on any atom is -0.450 e. The summed E-state index contributed by atoms with van der Waals surface area (Å²) in [6.45, 7) is 10.5. The van der Waals surface area contributed by atoms with Crippen molar-refractivity contribution in [2.75, 3.05) is 13.2 Å². The lowest BCUT2D eigenvalue weighted by atomic mass is 10.2. The molecule has 1 rings (SSSR count). The third kappa shape index (κ3) is 5.14. The summed E-state index contributed by atoms with van der Waals surface area (Å²) < 4.78 is 5.10. The first-order valence-corrected chi connectivity index (χ1v) is 6.61. The number of carbonyl (C=O) groups excluding carboxylic acids is 1. The maximum atomic E-state index is 12.0. The van der Waals surface area contributed by atoms with Crippen LogP contribution in [-0.4, -0.2) is 24.1 Å². The molecule has 1 aromatic rings. The number of carbonyl (C=O) groups is 1. The van der Waals surface area contributed by atoms with Crippen LogP contribution in [-0.2, 0) is 11.3 Å². The van der Waals surface area contributed by atoms with Gasteiger partial charge in [0.25, 0.3) is 0 Å². The van der Waals surface area contributed by atoms with Crippen LogP contribution in [0.1, 0.15) is 12.5 Å². The Morgan fingerprint density at radius 2 is 2.00 bits per heavy atom. The SMILES string of the molecule is C=C/C=C(\C=C)CN(Cc1ccccc1)C(=O)OCC. The third-order valence-corrected chi connectivity index (χ3v) is 2.71. The normalized spacial score (nSPS) is 10.8. The van der Waals surface area contributed by atoms with E-state index in [2.05, 4.69) is 13.2 Å². The molecule has 0 fully saturated rings. The van der Waals surface area contributed by atoms with Crippen molar-refractivity contribution in [1.29, 1.82) is 0 Å². The predicted octanol–water partition coefficient (Wildman–Crippen LogP) is 3.94. The molecule has 3 nitrogen and oxygen atoms in total. The molecular weight excluding hydrogens is 250 g/mol. The fourth-order valence-corrected chi connectivity index (χ4v) is 1.76. The van der Waals surface area contributed by atoms with E-state index in [1.54, 1.807) is 24.0 Å². The number of amides is 1. The molecular formula is C17H21NO2. The van der Waals surface area contributed by atoms with Crippen molar-refractivity contribution in [2.24, 2.45) is 0 Å². The van der Waals surface area contributed by atoms with Gasteiger partial charge in [-0.3, -0.25) is 4.90 Å². The Bertz CT molecular complexity index is 477. The zero-order chi connectivity index (χ0) is 14.8. The standard InChI is InChI=1S/C17H21NO2/c1-4-10-15(5-2)13-18(17(19)20-6-3)14-16-11-8-7-9-12-16/h4-5,7-12H,1-2,6,13-14H2,3H3/b15-10+. The lowest BCUT2D eigenvalue weighted by Gasteiger charge is -2.22. The van der Waals surface area contributed by atoms with E-state index in [9.17, 15) is 4.79 Å². The molecule has 0 unspecified atom stereocenters. The highest BCUT2D eigenvalue weighted by atomic mass is 16.6. The summed E-state index contributed by atoms with van der Waals surface area (Å²) in [6, 6.07) is 9.82. The highest BCUT2D eigenvalue weighted by Gasteiger charge is 2.15. The number of ether oxygens (including phenoxy) is 1. The Morgan fingerprint density at radius 3 is 2.55 bits per heavy atom. The Balaban J connectivity index is 2.85. The Hall–Kier alpha value is -2.29. The maximum absolute atomic E-state index is 12.0. The van der Waals surface area contributed by atoms with Crippen LogP contribution in [0.4, 0.5) is 4.79 Å². The Morgan fingerprint density at radius 1 is 1.30 bits per heavy atom. The molecule has 0 saturated carbocycles. The number of nitrogens with zero attached hydrogens (tertiary/aromatic N) is 1.